The van der Waals surface area contributed by atoms with Gasteiger partial charge in [0.05, 0.1) is 35.5 Å². The minimum atomic E-state index is -2.86. The lowest BCUT2D eigenvalue weighted by Gasteiger charge is -2.33. The summed E-state index contributed by atoms with van der Waals surface area (Å²) in [5.41, 5.74) is 3.50. The largest absolute Gasteiger partial charge is 0.444 e. The highest BCUT2D eigenvalue weighted by Crippen LogP contribution is 2.37. The molecule has 3 amide bonds. The van der Waals surface area contributed by atoms with E-state index >= 15 is 0 Å². The number of nitrogens with one attached hydrogen (secondary N) is 2. The lowest BCUT2D eigenvalue weighted by molar-refractivity contribution is -0.135. The van der Waals surface area contributed by atoms with Crippen molar-refractivity contribution < 1.29 is 32.3 Å². The highest BCUT2D eigenvalue weighted by atomic mass is 19.3. The molecule has 4 aliphatic rings. The number of piperidine rings is 1. The number of hydrogen-bond donors (Lipinski definition) is 2. The van der Waals surface area contributed by atoms with Crippen LogP contribution in [-0.2, 0) is 34.2 Å². The Morgan fingerprint density at radius 1 is 0.953 bits per heavy atom. The number of fused-ring (bicyclic) bond motifs is 1. The predicted octanol–water partition coefficient (Wildman–Crippen LogP) is 7.33. The molecule has 2 saturated heterocycles. The number of hydrogen-bond acceptors (Lipinski definition) is 10. The van der Waals surface area contributed by atoms with E-state index in [-0.39, 0.29) is 47.4 Å². The Hall–Kier alpha value is -5.55. The third kappa shape index (κ3) is 10.0. The number of imidazole rings is 1. The monoisotopic (exact) mass is 881 g/mol. The summed E-state index contributed by atoms with van der Waals surface area (Å²) in [5, 5.41) is 9.23. The van der Waals surface area contributed by atoms with Crippen molar-refractivity contribution in [2.24, 2.45) is 18.9 Å². The smallest absolute Gasteiger partial charge is 0.329 e. The van der Waals surface area contributed by atoms with E-state index < -0.39 is 30.0 Å². The number of imide groups is 1. The molecule has 2 aliphatic carbocycles. The van der Waals surface area contributed by atoms with E-state index in [2.05, 4.69) is 30.6 Å². The molecule has 0 radical (unpaired) electrons. The summed E-state index contributed by atoms with van der Waals surface area (Å²) in [6.45, 7) is 3.43. The van der Waals surface area contributed by atoms with E-state index in [4.69, 9.17) is 9.15 Å². The van der Waals surface area contributed by atoms with Crippen molar-refractivity contribution >= 4 is 34.4 Å². The summed E-state index contributed by atoms with van der Waals surface area (Å²) >= 11 is 0. The van der Waals surface area contributed by atoms with Crippen LogP contribution in [0, 0.1) is 11.8 Å². The number of carbonyl (C=O) groups is 3. The Morgan fingerprint density at radius 2 is 1.77 bits per heavy atom. The van der Waals surface area contributed by atoms with E-state index in [1.165, 1.54) is 29.9 Å². The first kappa shape index (κ1) is 43.7. The second kappa shape index (κ2) is 19.3. The van der Waals surface area contributed by atoms with Crippen molar-refractivity contribution in [2.45, 2.75) is 121 Å². The van der Waals surface area contributed by atoms with Crippen LogP contribution in [0.2, 0.25) is 0 Å². The molecule has 2 aliphatic heterocycles. The summed E-state index contributed by atoms with van der Waals surface area (Å²) in [5.74, 6) is 0.222. The molecule has 2 saturated carbocycles. The number of alkyl halides is 2. The Morgan fingerprint density at radius 3 is 2.56 bits per heavy atom. The number of nitrogens with zero attached hydrogens (tertiary/aromatic N) is 7. The number of carbonyl (C=O) groups excluding carboxylic acids is 3. The van der Waals surface area contributed by atoms with Gasteiger partial charge >= 0.3 is 5.69 Å². The maximum atomic E-state index is 14.2. The number of morpholine rings is 1. The SMILES string of the molecule is Cn1c(=O)n(C2CCC(=O)NC2=O)c2ccc(CCCN3CCO[C@@H](CCCC4CCC(n5cc(NC(=O)c6coc(-c7ccnc(CCC8CC8)c7)n6)c(C(F)F)n5)CC4)C3)cc21. The van der Waals surface area contributed by atoms with Gasteiger partial charge < -0.3 is 14.5 Å². The van der Waals surface area contributed by atoms with Gasteiger partial charge in [-0.05, 0) is 112 Å². The van der Waals surface area contributed by atoms with E-state index in [0.717, 1.165) is 113 Å². The molecule has 1 aromatic carbocycles. The van der Waals surface area contributed by atoms with Crippen molar-refractivity contribution in [3.8, 4) is 11.5 Å². The van der Waals surface area contributed by atoms with Gasteiger partial charge in [0.1, 0.15) is 12.3 Å². The minimum absolute atomic E-state index is 0.00501. The quantitative estimate of drug-likeness (QED) is 0.0902. The highest BCUT2D eigenvalue weighted by molar-refractivity contribution is 6.03. The second-order valence-electron chi connectivity index (χ2n) is 18.2. The van der Waals surface area contributed by atoms with Crippen molar-refractivity contribution in [3.05, 3.63) is 82.1 Å². The van der Waals surface area contributed by atoms with Gasteiger partial charge in [-0.15, -0.1) is 0 Å². The van der Waals surface area contributed by atoms with Crippen LogP contribution in [0.5, 0.6) is 0 Å². The van der Waals surface area contributed by atoms with Crippen LogP contribution < -0.4 is 16.3 Å². The number of rotatable bonds is 17. The molecular weight excluding hydrogens is 825 g/mol. The van der Waals surface area contributed by atoms with Crippen molar-refractivity contribution in [3.63, 3.8) is 0 Å². The normalized spacial score (nSPS) is 22.1. The molecule has 2 N–H and O–H groups in total. The van der Waals surface area contributed by atoms with Crippen LogP contribution >= 0.6 is 0 Å². The average Bonchev–Trinajstić information content (AvgIpc) is 3.71. The summed E-state index contributed by atoms with van der Waals surface area (Å²) in [6, 6.07) is 8.94. The number of benzene rings is 1. The zero-order valence-electron chi connectivity index (χ0n) is 36.4. The molecule has 5 aromatic rings. The van der Waals surface area contributed by atoms with Gasteiger partial charge in [0.2, 0.25) is 17.7 Å². The van der Waals surface area contributed by atoms with E-state index in [1.54, 1.807) is 28.6 Å². The third-order valence-electron chi connectivity index (χ3n) is 13.7. The Labute approximate surface area is 369 Å². The number of pyridine rings is 1. The van der Waals surface area contributed by atoms with Crippen molar-refractivity contribution in [2.75, 3.05) is 31.6 Å². The van der Waals surface area contributed by atoms with Crippen LogP contribution in [-0.4, -0.2) is 83.8 Å². The molecule has 15 nitrogen and oxygen atoms in total. The van der Waals surface area contributed by atoms with Crippen LogP contribution in [0.1, 0.15) is 129 Å². The van der Waals surface area contributed by atoms with Gasteiger partial charge in [-0.25, -0.2) is 18.6 Å². The van der Waals surface area contributed by atoms with Crippen molar-refractivity contribution in [1.29, 1.82) is 0 Å². The van der Waals surface area contributed by atoms with Crippen LogP contribution in [0.4, 0.5) is 14.5 Å². The number of halogens is 2. The standard InChI is InChI=1S/C47H57F2N9O6/c1-55-40-24-31(12-16-38(40)58(47(55)62)39-17-18-41(59)53-45(39)61)5-3-21-56-22-23-63-35(26-56)6-2-4-29-10-14-34(15-11-29)57-27-36(42(54-57)43(48)49)51-44(60)37-28-64-46(52-37)32-19-20-50-33(25-32)13-9-30-7-8-30/h12,16,19-20,24-25,27-30,34-35,39,43H,2-11,13-15,17-18,21-23,26H2,1H3,(H,51,60)(H,53,59,61)/t29?,34?,35-,39?/m0/s1. The lowest BCUT2D eigenvalue weighted by atomic mass is 9.83. The molecule has 340 valence electrons. The lowest BCUT2D eigenvalue weighted by Crippen LogP contribution is -2.44. The fraction of sp³-hybridized carbons (Fsp3) is 0.553. The molecule has 4 fully saturated rings. The maximum absolute atomic E-state index is 14.2. The molecule has 2 atom stereocenters. The molecule has 0 bridgehead atoms. The Balaban J connectivity index is 0.707. The van der Waals surface area contributed by atoms with Crippen LogP contribution in [0.25, 0.3) is 22.5 Å². The van der Waals surface area contributed by atoms with Gasteiger partial charge in [-0.2, -0.15) is 5.10 Å². The molecule has 64 heavy (non-hydrogen) atoms. The van der Waals surface area contributed by atoms with E-state index in [1.807, 2.05) is 24.3 Å². The van der Waals surface area contributed by atoms with Gasteiger partial charge in [0.25, 0.3) is 12.3 Å². The summed E-state index contributed by atoms with van der Waals surface area (Å²) in [4.78, 5) is 61.9. The zero-order valence-corrected chi connectivity index (χ0v) is 36.4. The summed E-state index contributed by atoms with van der Waals surface area (Å²) < 4.78 is 44.9. The average molecular weight is 882 g/mol. The third-order valence-corrected chi connectivity index (χ3v) is 13.7. The Kier molecular flexibility index (Phi) is 13.2. The van der Waals surface area contributed by atoms with Crippen molar-refractivity contribution in [1.82, 2.24) is 39.1 Å². The molecule has 0 spiro atoms. The molecule has 17 heteroatoms. The first-order valence-corrected chi connectivity index (χ1v) is 23.0. The summed E-state index contributed by atoms with van der Waals surface area (Å²) in [7, 11) is 1.72. The number of oxazole rings is 1. The molecule has 9 rings (SSSR count). The predicted molar refractivity (Wildman–Crippen MR) is 234 cm³/mol. The highest BCUT2D eigenvalue weighted by Gasteiger charge is 2.32. The first-order valence-electron chi connectivity index (χ1n) is 23.0. The van der Waals surface area contributed by atoms with Crippen LogP contribution in [0.15, 0.2) is 58.2 Å². The zero-order chi connectivity index (χ0) is 44.3. The first-order chi connectivity index (χ1) is 31.1. The molecule has 4 aromatic heterocycles. The number of aryl methyl sites for hydroxylation is 3. The van der Waals surface area contributed by atoms with Gasteiger partial charge in [0.15, 0.2) is 11.4 Å². The van der Waals surface area contributed by atoms with E-state index in [9.17, 15) is 28.0 Å². The fourth-order valence-electron chi connectivity index (χ4n) is 9.84. The number of anilines is 1. The second-order valence-corrected chi connectivity index (χ2v) is 18.2. The topological polar surface area (TPSA) is 171 Å². The molecular formula is C47H57F2N9O6. The number of aromatic nitrogens is 6. The van der Waals surface area contributed by atoms with E-state index in [0.29, 0.717) is 30.0 Å². The van der Waals surface area contributed by atoms with Gasteiger partial charge in [-0.3, -0.25) is 43.4 Å². The number of ether oxygens (including phenoxy) is 1. The van der Waals surface area contributed by atoms with Crippen LogP contribution in [0.3, 0.4) is 0 Å². The minimum Gasteiger partial charge on any atom is -0.444 e. The van der Waals surface area contributed by atoms with Gasteiger partial charge in [-0.1, -0.05) is 31.7 Å². The fourth-order valence-corrected chi connectivity index (χ4v) is 9.84. The maximum Gasteiger partial charge on any atom is 0.329 e. The Bertz CT molecular complexity index is 2530. The number of amides is 3. The summed E-state index contributed by atoms with van der Waals surface area (Å²) in [6.07, 6.45) is 15.4. The molecule has 6 heterocycles. The molecule has 1 unspecified atom stereocenters. The van der Waals surface area contributed by atoms with Gasteiger partial charge in [0, 0.05) is 50.2 Å².